The molecule has 5 heteroatoms. The molecular weight excluding hydrogens is 355 g/mol. The molecule has 2 rings (SSSR count). The van der Waals surface area contributed by atoms with Gasteiger partial charge in [-0.15, -0.1) is 0 Å². The maximum atomic E-state index is 13.3. The molecule has 2 amide bonds. The van der Waals surface area contributed by atoms with Gasteiger partial charge in [-0.05, 0) is 29.2 Å². The number of nitrogens with zero attached hydrogens (tertiary/aromatic N) is 1. The van der Waals surface area contributed by atoms with Gasteiger partial charge in [-0.3, -0.25) is 9.59 Å². The van der Waals surface area contributed by atoms with Gasteiger partial charge in [0.1, 0.15) is 11.9 Å². The first-order valence-electron chi connectivity index (χ1n) is 9.76. The molecule has 0 saturated heterocycles. The van der Waals surface area contributed by atoms with Crippen LogP contribution in [0.3, 0.4) is 0 Å². The number of hydrogen-bond donors (Lipinski definition) is 1. The maximum Gasteiger partial charge on any atom is 0.243 e. The number of benzene rings is 2. The molecule has 150 valence electrons. The molecule has 0 unspecified atom stereocenters. The molecule has 0 aliphatic rings. The quantitative estimate of drug-likeness (QED) is 0.712. The highest BCUT2D eigenvalue weighted by molar-refractivity contribution is 5.87. The number of rotatable bonds is 9. The Hall–Kier alpha value is -2.69. The Kier molecular flexibility index (Phi) is 8.18. The van der Waals surface area contributed by atoms with E-state index in [1.165, 1.54) is 12.1 Å². The smallest absolute Gasteiger partial charge is 0.243 e. The van der Waals surface area contributed by atoms with Gasteiger partial charge in [-0.2, -0.15) is 0 Å². The third-order valence-electron chi connectivity index (χ3n) is 4.52. The van der Waals surface area contributed by atoms with Crippen LogP contribution in [0.15, 0.2) is 54.6 Å². The fourth-order valence-corrected chi connectivity index (χ4v) is 2.97. The summed E-state index contributed by atoms with van der Waals surface area (Å²) in [5, 5.41) is 2.96. The fraction of sp³-hybridized carbons (Fsp3) is 0.391. The highest BCUT2D eigenvalue weighted by atomic mass is 19.1. The SMILES string of the molecule is CCC(=O)N(Cc1ccc(F)cc1)[C@H](Cc1ccccc1)C(=O)NCC(C)C. The Morgan fingerprint density at radius 1 is 1.00 bits per heavy atom. The van der Waals surface area contributed by atoms with Gasteiger partial charge in [0.2, 0.25) is 11.8 Å². The van der Waals surface area contributed by atoms with Crippen LogP contribution in [0, 0.1) is 11.7 Å². The lowest BCUT2D eigenvalue weighted by Gasteiger charge is -2.31. The van der Waals surface area contributed by atoms with E-state index in [0.29, 0.717) is 25.3 Å². The maximum absolute atomic E-state index is 13.3. The van der Waals surface area contributed by atoms with Gasteiger partial charge in [-0.25, -0.2) is 4.39 Å². The number of hydrogen-bond acceptors (Lipinski definition) is 2. The highest BCUT2D eigenvalue weighted by Crippen LogP contribution is 2.16. The summed E-state index contributed by atoms with van der Waals surface area (Å²) in [6.07, 6.45) is 0.724. The topological polar surface area (TPSA) is 49.4 Å². The lowest BCUT2D eigenvalue weighted by Crippen LogP contribution is -2.50. The second-order valence-electron chi connectivity index (χ2n) is 7.35. The summed E-state index contributed by atoms with van der Waals surface area (Å²) in [7, 11) is 0. The molecule has 0 radical (unpaired) electrons. The van der Waals surface area contributed by atoms with Crippen molar-refractivity contribution in [2.24, 2.45) is 5.92 Å². The lowest BCUT2D eigenvalue weighted by molar-refractivity contribution is -0.141. The average molecular weight is 384 g/mol. The van der Waals surface area contributed by atoms with Crippen LogP contribution in [0.25, 0.3) is 0 Å². The first-order chi connectivity index (χ1) is 13.4. The van der Waals surface area contributed by atoms with Gasteiger partial charge in [0, 0.05) is 25.9 Å². The van der Waals surface area contributed by atoms with Crippen LogP contribution in [0.5, 0.6) is 0 Å². The Morgan fingerprint density at radius 3 is 2.21 bits per heavy atom. The summed E-state index contributed by atoms with van der Waals surface area (Å²) in [5.74, 6) is -0.284. The molecular formula is C23H29FN2O2. The van der Waals surface area contributed by atoms with E-state index in [1.54, 1.807) is 24.0 Å². The molecule has 4 nitrogen and oxygen atoms in total. The van der Waals surface area contributed by atoms with Gasteiger partial charge in [0.25, 0.3) is 0 Å². The fourth-order valence-electron chi connectivity index (χ4n) is 2.97. The normalized spacial score (nSPS) is 11.9. The molecule has 0 aromatic heterocycles. The van der Waals surface area contributed by atoms with Crippen molar-refractivity contribution < 1.29 is 14.0 Å². The standard InChI is InChI=1S/C23H29FN2O2/c1-4-22(27)26(16-19-10-12-20(24)13-11-19)21(23(28)25-15-17(2)3)14-18-8-6-5-7-9-18/h5-13,17,21H,4,14-16H2,1-3H3,(H,25,28)/t21-/m1/s1. The molecule has 2 aromatic carbocycles. The molecule has 0 saturated carbocycles. The Morgan fingerprint density at radius 2 is 1.64 bits per heavy atom. The first-order valence-corrected chi connectivity index (χ1v) is 9.76. The van der Waals surface area contributed by atoms with Crippen molar-refractivity contribution in [2.75, 3.05) is 6.54 Å². The zero-order valence-electron chi connectivity index (χ0n) is 16.8. The summed E-state index contributed by atoms with van der Waals surface area (Å²) in [6.45, 7) is 6.65. The van der Waals surface area contributed by atoms with Crippen LogP contribution in [0.2, 0.25) is 0 Å². The molecule has 0 spiro atoms. The number of carbonyl (C=O) groups excluding carboxylic acids is 2. The van der Waals surface area contributed by atoms with E-state index < -0.39 is 6.04 Å². The van der Waals surface area contributed by atoms with Crippen LogP contribution in [0.4, 0.5) is 4.39 Å². The van der Waals surface area contributed by atoms with Crippen molar-refractivity contribution in [3.8, 4) is 0 Å². The monoisotopic (exact) mass is 384 g/mol. The minimum atomic E-state index is -0.626. The molecule has 0 aliphatic heterocycles. The zero-order chi connectivity index (χ0) is 20.5. The van der Waals surface area contributed by atoms with Crippen LogP contribution >= 0.6 is 0 Å². The van der Waals surface area contributed by atoms with Crippen molar-refractivity contribution >= 4 is 11.8 Å². The average Bonchev–Trinajstić information content (AvgIpc) is 2.70. The molecule has 1 atom stereocenters. The van der Waals surface area contributed by atoms with Gasteiger partial charge in [-0.1, -0.05) is 63.2 Å². The highest BCUT2D eigenvalue weighted by Gasteiger charge is 2.29. The van der Waals surface area contributed by atoms with E-state index in [2.05, 4.69) is 5.32 Å². The number of halogens is 1. The predicted molar refractivity (Wildman–Crippen MR) is 109 cm³/mol. The minimum Gasteiger partial charge on any atom is -0.354 e. The molecule has 0 aliphatic carbocycles. The van der Waals surface area contributed by atoms with Crippen LogP contribution in [-0.2, 0) is 22.6 Å². The second-order valence-corrected chi connectivity index (χ2v) is 7.35. The first kappa shape index (κ1) is 21.6. The summed E-state index contributed by atoms with van der Waals surface area (Å²) in [4.78, 5) is 27.3. The van der Waals surface area contributed by atoms with Crippen LogP contribution in [-0.4, -0.2) is 29.3 Å². The van der Waals surface area contributed by atoms with Crippen molar-refractivity contribution in [2.45, 2.75) is 46.2 Å². The molecule has 28 heavy (non-hydrogen) atoms. The number of amides is 2. The third-order valence-corrected chi connectivity index (χ3v) is 4.52. The molecule has 0 fully saturated rings. The molecule has 0 heterocycles. The summed E-state index contributed by atoms with van der Waals surface area (Å²) >= 11 is 0. The lowest BCUT2D eigenvalue weighted by atomic mass is 10.0. The van der Waals surface area contributed by atoms with Crippen molar-refractivity contribution in [3.63, 3.8) is 0 Å². The Labute approximate surface area is 166 Å². The predicted octanol–water partition coefficient (Wildman–Crippen LogP) is 3.95. The van der Waals surface area contributed by atoms with Gasteiger partial charge in [0.15, 0.2) is 0 Å². The summed E-state index contributed by atoms with van der Waals surface area (Å²) in [5.41, 5.74) is 1.78. The zero-order valence-corrected chi connectivity index (χ0v) is 16.8. The van der Waals surface area contributed by atoms with Crippen LogP contribution in [0.1, 0.15) is 38.3 Å². The van der Waals surface area contributed by atoms with E-state index in [1.807, 2.05) is 44.2 Å². The largest absolute Gasteiger partial charge is 0.354 e. The van der Waals surface area contributed by atoms with Crippen molar-refractivity contribution in [1.82, 2.24) is 10.2 Å². The van der Waals surface area contributed by atoms with Crippen LogP contribution < -0.4 is 5.32 Å². The third kappa shape index (κ3) is 6.48. The van der Waals surface area contributed by atoms with E-state index in [0.717, 1.165) is 11.1 Å². The molecule has 2 aromatic rings. The van der Waals surface area contributed by atoms with E-state index in [9.17, 15) is 14.0 Å². The van der Waals surface area contributed by atoms with E-state index >= 15 is 0 Å². The van der Waals surface area contributed by atoms with Crippen molar-refractivity contribution in [3.05, 3.63) is 71.5 Å². The van der Waals surface area contributed by atoms with E-state index in [4.69, 9.17) is 0 Å². The van der Waals surface area contributed by atoms with Gasteiger partial charge in [0.05, 0.1) is 0 Å². The molecule has 1 N–H and O–H groups in total. The summed E-state index contributed by atoms with van der Waals surface area (Å²) in [6, 6.07) is 15.1. The Balaban J connectivity index is 2.31. The minimum absolute atomic E-state index is 0.107. The van der Waals surface area contributed by atoms with Gasteiger partial charge < -0.3 is 10.2 Å². The molecule has 0 bridgehead atoms. The second kappa shape index (κ2) is 10.6. The Bertz CT molecular complexity index is 760. The van der Waals surface area contributed by atoms with Gasteiger partial charge >= 0.3 is 0 Å². The van der Waals surface area contributed by atoms with E-state index in [-0.39, 0.29) is 24.2 Å². The van der Waals surface area contributed by atoms with Crippen molar-refractivity contribution in [1.29, 1.82) is 0 Å². The number of nitrogens with one attached hydrogen (secondary N) is 1. The summed E-state index contributed by atoms with van der Waals surface area (Å²) < 4.78 is 13.3. The number of carbonyl (C=O) groups is 2.